The van der Waals surface area contributed by atoms with Crippen molar-refractivity contribution in [2.45, 2.75) is 13.1 Å². The van der Waals surface area contributed by atoms with E-state index in [1.807, 2.05) is 0 Å². The molecule has 0 saturated carbocycles. The molecule has 1 heterocycles. The van der Waals surface area contributed by atoms with Crippen LogP contribution < -0.4 is 0 Å². The fourth-order valence-corrected chi connectivity index (χ4v) is 0.845. The van der Waals surface area contributed by atoms with E-state index >= 15 is 0 Å². The highest BCUT2D eigenvalue weighted by Crippen LogP contribution is 2.27. The van der Waals surface area contributed by atoms with Crippen LogP contribution in [0.4, 0.5) is 13.2 Å². The Labute approximate surface area is 77.9 Å². The molecule has 0 bridgehead atoms. The standard InChI is InChI=1S/C8H7F3N2O/c1-5(13-14)6-3-2-4-7(12-6)8(9,10)11/h2-4,14H,1H3. The maximum atomic E-state index is 12.2. The summed E-state index contributed by atoms with van der Waals surface area (Å²) in [6.07, 6.45) is -4.48. The molecule has 0 atom stereocenters. The Kier molecular flexibility index (Phi) is 2.73. The lowest BCUT2D eigenvalue weighted by Gasteiger charge is -2.06. The van der Waals surface area contributed by atoms with Crippen LogP contribution in [0.2, 0.25) is 0 Å². The highest BCUT2D eigenvalue weighted by atomic mass is 19.4. The van der Waals surface area contributed by atoms with Crippen molar-refractivity contribution in [1.82, 2.24) is 4.98 Å². The first-order chi connectivity index (χ1) is 6.45. The summed E-state index contributed by atoms with van der Waals surface area (Å²) < 4.78 is 36.5. The summed E-state index contributed by atoms with van der Waals surface area (Å²) in [7, 11) is 0. The summed E-state index contributed by atoms with van der Waals surface area (Å²) in [4.78, 5) is 3.30. The fraction of sp³-hybridized carbons (Fsp3) is 0.250. The maximum absolute atomic E-state index is 12.2. The number of hydrogen-bond donors (Lipinski definition) is 1. The van der Waals surface area contributed by atoms with Crippen molar-refractivity contribution >= 4 is 5.71 Å². The average molecular weight is 204 g/mol. The molecule has 76 valence electrons. The number of halogens is 3. The molecule has 1 N–H and O–H groups in total. The minimum Gasteiger partial charge on any atom is -0.411 e. The zero-order valence-electron chi connectivity index (χ0n) is 7.21. The summed E-state index contributed by atoms with van der Waals surface area (Å²) in [6, 6.07) is 3.40. The highest BCUT2D eigenvalue weighted by Gasteiger charge is 2.32. The van der Waals surface area contributed by atoms with Gasteiger partial charge in [0, 0.05) is 0 Å². The SMILES string of the molecule is CC(=NO)c1cccc(C(F)(F)F)n1. The largest absolute Gasteiger partial charge is 0.433 e. The Bertz CT molecular complexity index is 360. The molecule has 0 fully saturated rings. The van der Waals surface area contributed by atoms with Gasteiger partial charge < -0.3 is 5.21 Å². The summed E-state index contributed by atoms with van der Waals surface area (Å²) >= 11 is 0. The molecule has 1 aromatic heterocycles. The van der Waals surface area contributed by atoms with Gasteiger partial charge in [-0.1, -0.05) is 11.2 Å². The Balaban J connectivity index is 3.14. The van der Waals surface area contributed by atoms with E-state index in [1.165, 1.54) is 19.1 Å². The Morgan fingerprint density at radius 3 is 2.57 bits per heavy atom. The number of rotatable bonds is 1. The first-order valence-corrected chi connectivity index (χ1v) is 3.68. The predicted molar refractivity (Wildman–Crippen MR) is 43.2 cm³/mol. The van der Waals surface area contributed by atoms with Crippen LogP contribution in [0.3, 0.4) is 0 Å². The quantitative estimate of drug-likeness (QED) is 0.433. The molecule has 3 nitrogen and oxygen atoms in total. The third kappa shape index (κ3) is 2.21. The van der Waals surface area contributed by atoms with Crippen molar-refractivity contribution in [3.05, 3.63) is 29.6 Å². The van der Waals surface area contributed by atoms with Gasteiger partial charge in [-0.3, -0.25) is 0 Å². The molecule has 6 heteroatoms. The lowest BCUT2D eigenvalue weighted by molar-refractivity contribution is -0.141. The van der Waals surface area contributed by atoms with Crippen molar-refractivity contribution in [2.75, 3.05) is 0 Å². The average Bonchev–Trinajstić information content (AvgIpc) is 2.15. The van der Waals surface area contributed by atoms with E-state index < -0.39 is 11.9 Å². The fourth-order valence-electron chi connectivity index (χ4n) is 0.845. The number of nitrogens with zero attached hydrogens (tertiary/aromatic N) is 2. The topological polar surface area (TPSA) is 45.5 Å². The monoisotopic (exact) mass is 204 g/mol. The second-order valence-electron chi connectivity index (χ2n) is 2.59. The number of hydrogen-bond acceptors (Lipinski definition) is 3. The molecule has 0 saturated heterocycles. The second kappa shape index (κ2) is 3.65. The summed E-state index contributed by atoms with van der Waals surface area (Å²) in [5.74, 6) is 0. The molecular weight excluding hydrogens is 197 g/mol. The third-order valence-electron chi connectivity index (χ3n) is 1.56. The van der Waals surface area contributed by atoms with Crippen molar-refractivity contribution in [3.63, 3.8) is 0 Å². The van der Waals surface area contributed by atoms with E-state index in [-0.39, 0.29) is 11.4 Å². The molecule has 0 aliphatic heterocycles. The van der Waals surface area contributed by atoms with E-state index in [1.54, 1.807) is 0 Å². The number of alkyl halides is 3. The van der Waals surface area contributed by atoms with Gasteiger partial charge in [-0.2, -0.15) is 13.2 Å². The van der Waals surface area contributed by atoms with E-state index in [9.17, 15) is 13.2 Å². The molecule has 1 rings (SSSR count). The van der Waals surface area contributed by atoms with Crippen LogP contribution in [0.15, 0.2) is 23.4 Å². The number of pyridine rings is 1. The highest BCUT2D eigenvalue weighted by molar-refractivity contribution is 5.96. The van der Waals surface area contributed by atoms with Crippen LogP contribution in [-0.2, 0) is 6.18 Å². The van der Waals surface area contributed by atoms with Crippen molar-refractivity contribution in [1.29, 1.82) is 0 Å². The van der Waals surface area contributed by atoms with Gasteiger partial charge in [0.1, 0.15) is 11.4 Å². The van der Waals surface area contributed by atoms with Gasteiger partial charge in [0.25, 0.3) is 0 Å². The molecule has 0 amide bonds. The number of oxime groups is 1. The molecule has 0 unspecified atom stereocenters. The number of aromatic nitrogens is 1. The van der Waals surface area contributed by atoms with E-state index in [0.29, 0.717) is 0 Å². The first kappa shape index (κ1) is 10.5. The molecule has 0 spiro atoms. The van der Waals surface area contributed by atoms with Gasteiger partial charge in [0.05, 0.1) is 5.69 Å². The molecular formula is C8H7F3N2O. The van der Waals surface area contributed by atoms with Crippen LogP contribution in [0.1, 0.15) is 18.3 Å². The van der Waals surface area contributed by atoms with Crippen LogP contribution >= 0.6 is 0 Å². The molecule has 0 aromatic carbocycles. The minimum atomic E-state index is -4.48. The Morgan fingerprint density at radius 1 is 1.43 bits per heavy atom. The van der Waals surface area contributed by atoms with Gasteiger partial charge in [0.15, 0.2) is 0 Å². The second-order valence-corrected chi connectivity index (χ2v) is 2.59. The van der Waals surface area contributed by atoms with Crippen LogP contribution in [0, 0.1) is 0 Å². The van der Waals surface area contributed by atoms with Crippen molar-refractivity contribution < 1.29 is 18.4 Å². The molecule has 1 aromatic rings. The zero-order valence-corrected chi connectivity index (χ0v) is 7.21. The minimum absolute atomic E-state index is 0.00215. The lowest BCUT2D eigenvalue weighted by Crippen LogP contribution is -2.10. The van der Waals surface area contributed by atoms with E-state index in [0.717, 1.165) is 6.07 Å². The van der Waals surface area contributed by atoms with Gasteiger partial charge in [-0.15, -0.1) is 0 Å². The van der Waals surface area contributed by atoms with E-state index in [2.05, 4.69) is 10.1 Å². The van der Waals surface area contributed by atoms with Crippen LogP contribution in [0.25, 0.3) is 0 Å². The zero-order chi connectivity index (χ0) is 10.8. The van der Waals surface area contributed by atoms with Crippen LogP contribution in [0.5, 0.6) is 0 Å². The Hall–Kier alpha value is -1.59. The van der Waals surface area contributed by atoms with Gasteiger partial charge in [-0.05, 0) is 19.1 Å². The third-order valence-corrected chi connectivity index (χ3v) is 1.56. The lowest BCUT2D eigenvalue weighted by atomic mass is 10.2. The van der Waals surface area contributed by atoms with Gasteiger partial charge in [-0.25, -0.2) is 4.98 Å². The normalized spacial score (nSPS) is 13.0. The summed E-state index contributed by atoms with van der Waals surface area (Å²) in [5, 5.41) is 11.1. The molecule has 0 aliphatic carbocycles. The molecule has 0 radical (unpaired) electrons. The predicted octanol–water partition coefficient (Wildman–Crippen LogP) is 2.30. The van der Waals surface area contributed by atoms with Gasteiger partial charge in [0.2, 0.25) is 0 Å². The van der Waals surface area contributed by atoms with Crippen molar-refractivity contribution in [3.8, 4) is 0 Å². The van der Waals surface area contributed by atoms with E-state index in [4.69, 9.17) is 5.21 Å². The van der Waals surface area contributed by atoms with Crippen molar-refractivity contribution in [2.24, 2.45) is 5.16 Å². The van der Waals surface area contributed by atoms with Gasteiger partial charge >= 0.3 is 6.18 Å². The summed E-state index contributed by atoms with van der Waals surface area (Å²) in [5.41, 5.74) is -0.962. The summed E-state index contributed by atoms with van der Waals surface area (Å²) in [6.45, 7) is 1.36. The maximum Gasteiger partial charge on any atom is 0.433 e. The first-order valence-electron chi connectivity index (χ1n) is 3.68. The smallest absolute Gasteiger partial charge is 0.411 e. The molecule has 14 heavy (non-hydrogen) atoms. The molecule has 0 aliphatic rings. The Morgan fingerprint density at radius 2 is 2.07 bits per heavy atom. The van der Waals surface area contributed by atoms with Crippen LogP contribution in [-0.4, -0.2) is 15.9 Å².